The second kappa shape index (κ2) is 7.17. The molecule has 23 heavy (non-hydrogen) atoms. The Bertz CT molecular complexity index is 744. The van der Waals surface area contributed by atoms with E-state index in [2.05, 4.69) is 21.7 Å². The van der Waals surface area contributed by atoms with E-state index in [4.69, 9.17) is 11.6 Å². The Labute approximate surface area is 140 Å². The van der Waals surface area contributed by atoms with Gasteiger partial charge in [-0.1, -0.05) is 35.7 Å². The van der Waals surface area contributed by atoms with Gasteiger partial charge in [-0.25, -0.2) is 4.98 Å². The van der Waals surface area contributed by atoms with Crippen LogP contribution in [0.25, 0.3) is 0 Å². The second-order valence-corrected chi connectivity index (χ2v) is 5.61. The highest BCUT2D eigenvalue weighted by molar-refractivity contribution is 6.32. The monoisotopic (exact) mass is 325 g/mol. The SMILES string of the molecule is O=C(C#Cc1ccccc1)N1CCN(c2ncccc2Cl)CC1. The first-order valence-electron chi connectivity index (χ1n) is 7.45. The van der Waals surface area contributed by atoms with Gasteiger partial charge < -0.3 is 9.80 Å². The number of amides is 1. The van der Waals surface area contributed by atoms with Gasteiger partial charge >= 0.3 is 0 Å². The van der Waals surface area contributed by atoms with Crippen LogP contribution in [0.1, 0.15) is 5.56 Å². The second-order valence-electron chi connectivity index (χ2n) is 5.20. The third-order valence-corrected chi connectivity index (χ3v) is 3.99. The van der Waals surface area contributed by atoms with Crippen LogP contribution in [0.2, 0.25) is 5.02 Å². The minimum atomic E-state index is -0.138. The lowest BCUT2D eigenvalue weighted by atomic mass is 10.2. The molecule has 1 fully saturated rings. The normalized spacial score (nSPS) is 14.1. The summed E-state index contributed by atoms with van der Waals surface area (Å²) < 4.78 is 0. The molecule has 4 nitrogen and oxygen atoms in total. The first kappa shape index (κ1) is 15.4. The summed E-state index contributed by atoms with van der Waals surface area (Å²) >= 11 is 6.17. The fourth-order valence-electron chi connectivity index (χ4n) is 2.46. The molecule has 0 spiro atoms. The van der Waals surface area contributed by atoms with E-state index in [9.17, 15) is 4.79 Å². The Hall–Kier alpha value is -2.51. The molecule has 1 aliphatic rings. The molecule has 0 atom stereocenters. The molecule has 1 aromatic carbocycles. The van der Waals surface area contributed by atoms with Gasteiger partial charge in [0.05, 0.1) is 5.02 Å². The van der Waals surface area contributed by atoms with Gasteiger partial charge in [0.15, 0.2) is 0 Å². The van der Waals surface area contributed by atoms with Crippen molar-refractivity contribution in [2.45, 2.75) is 0 Å². The molecule has 0 aliphatic carbocycles. The van der Waals surface area contributed by atoms with E-state index < -0.39 is 0 Å². The Balaban J connectivity index is 1.60. The number of anilines is 1. The Morgan fingerprint density at radius 3 is 2.48 bits per heavy atom. The van der Waals surface area contributed by atoms with Gasteiger partial charge in [0.1, 0.15) is 5.82 Å². The first-order valence-corrected chi connectivity index (χ1v) is 7.83. The number of piperazine rings is 1. The minimum absolute atomic E-state index is 0.138. The van der Waals surface area contributed by atoms with Crippen LogP contribution in [0.5, 0.6) is 0 Å². The number of halogens is 1. The molecule has 2 heterocycles. The number of nitrogens with zero attached hydrogens (tertiary/aromatic N) is 3. The molecule has 1 aromatic heterocycles. The van der Waals surface area contributed by atoms with E-state index in [-0.39, 0.29) is 5.91 Å². The molecule has 2 aromatic rings. The number of hydrogen-bond donors (Lipinski definition) is 0. The fourth-order valence-corrected chi connectivity index (χ4v) is 2.70. The van der Waals surface area contributed by atoms with E-state index in [0.717, 1.165) is 11.4 Å². The molecule has 5 heteroatoms. The number of pyridine rings is 1. The van der Waals surface area contributed by atoms with Crippen molar-refractivity contribution in [3.05, 3.63) is 59.2 Å². The highest BCUT2D eigenvalue weighted by atomic mass is 35.5. The lowest BCUT2D eigenvalue weighted by Crippen LogP contribution is -2.48. The summed E-state index contributed by atoms with van der Waals surface area (Å²) in [4.78, 5) is 20.3. The van der Waals surface area contributed by atoms with Crippen LogP contribution < -0.4 is 4.90 Å². The third kappa shape index (κ3) is 3.82. The number of carbonyl (C=O) groups excluding carboxylic acids is 1. The molecular formula is C18H16ClN3O. The van der Waals surface area contributed by atoms with E-state index in [1.54, 1.807) is 11.1 Å². The Morgan fingerprint density at radius 2 is 1.78 bits per heavy atom. The molecule has 0 unspecified atom stereocenters. The van der Waals surface area contributed by atoms with Crippen molar-refractivity contribution in [1.29, 1.82) is 0 Å². The molecule has 1 aliphatic heterocycles. The molecule has 0 saturated carbocycles. The summed E-state index contributed by atoms with van der Waals surface area (Å²) in [5.74, 6) is 6.25. The molecular weight excluding hydrogens is 310 g/mol. The van der Waals surface area contributed by atoms with Crippen molar-refractivity contribution >= 4 is 23.3 Å². The summed E-state index contributed by atoms with van der Waals surface area (Å²) in [6, 6.07) is 13.2. The van der Waals surface area contributed by atoms with Gasteiger partial charge in [0, 0.05) is 43.9 Å². The number of hydrogen-bond acceptors (Lipinski definition) is 3. The first-order chi connectivity index (χ1) is 11.2. The fraction of sp³-hybridized carbons (Fsp3) is 0.222. The quantitative estimate of drug-likeness (QED) is 0.756. The lowest BCUT2D eigenvalue weighted by Gasteiger charge is -2.34. The zero-order chi connectivity index (χ0) is 16.1. The minimum Gasteiger partial charge on any atom is -0.352 e. The van der Waals surface area contributed by atoms with Crippen molar-refractivity contribution in [2.75, 3.05) is 31.1 Å². The van der Waals surface area contributed by atoms with Crippen LogP contribution in [0.4, 0.5) is 5.82 Å². The summed E-state index contributed by atoms with van der Waals surface area (Å²) in [7, 11) is 0. The maximum atomic E-state index is 12.2. The van der Waals surface area contributed by atoms with Crippen molar-refractivity contribution in [1.82, 2.24) is 9.88 Å². The molecule has 0 N–H and O–H groups in total. The highest BCUT2D eigenvalue weighted by Crippen LogP contribution is 2.23. The standard InChI is InChI=1S/C18H16ClN3O/c19-16-7-4-10-20-18(16)22-13-11-21(12-14-22)17(23)9-8-15-5-2-1-3-6-15/h1-7,10H,11-14H2. The smallest absolute Gasteiger partial charge is 0.298 e. The van der Waals surface area contributed by atoms with E-state index in [0.29, 0.717) is 31.2 Å². The van der Waals surface area contributed by atoms with E-state index in [1.807, 2.05) is 42.5 Å². The predicted octanol–water partition coefficient (Wildman–Crippen LogP) is 2.44. The maximum absolute atomic E-state index is 12.2. The van der Waals surface area contributed by atoms with Gasteiger partial charge in [0.25, 0.3) is 5.91 Å². The molecule has 1 saturated heterocycles. The zero-order valence-corrected chi connectivity index (χ0v) is 13.3. The third-order valence-electron chi connectivity index (χ3n) is 3.69. The Morgan fingerprint density at radius 1 is 1.04 bits per heavy atom. The number of aromatic nitrogens is 1. The van der Waals surface area contributed by atoms with Crippen LogP contribution in [0, 0.1) is 11.8 Å². The summed E-state index contributed by atoms with van der Waals surface area (Å²) in [6.07, 6.45) is 1.73. The van der Waals surface area contributed by atoms with Gasteiger partial charge in [0.2, 0.25) is 0 Å². The molecule has 0 radical (unpaired) electrons. The van der Waals surface area contributed by atoms with E-state index in [1.165, 1.54) is 0 Å². The molecule has 0 bridgehead atoms. The number of rotatable bonds is 1. The molecule has 116 valence electrons. The van der Waals surface area contributed by atoms with Crippen LogP contribution in [0.15, 0.2) is 48.7 Å². The van der Waals surface area contributed by atoms with Gasteiger partial charge in [-0.15, -0.1) is 0 Å². The average molecular weight is 326 g/mol. The number of benzene rings is 1. The van der Waals surface area contributed by atoms with Crippen molar-refractivity contribution < 1.29 is 4.79 Å². The topological polar surface area (TPSA) is 36.4 Å². The maximum Gasteiger partial charge on any atom is 0.298 e. The van der Waals surface area contributed by atoms with Crippen molar-refractivity contribution in [3.8, 4) is 11.8 Å². The van der Waals surface area contributed by atoms with Gasteiger partial charge in [-0.05, 0) is 24.3 Å². The van der Waals surface area contributed by atoms with Crippen molar-refractivity contribution in [3.63, 3.8) is 0 Å². The van der Waals surface area contributed by atoms with E-state index >= 15 is 0 Å². The zero-order valence-electron chi connectivity index (χ0n) is 12.6. The van der Waals surface area contributed by atoms with Crippen LogP contribution in [-0.2, 0) is 4.79 Å². The van der Waals surface area contributed by atoms with Crippen LogP contribution in [-0.4, -0.2) is 42.0 Å². The summed E-state index contributed by atoms with van der Waals surface area (Å²) in [5.41, 5.74) is 0.847. The van der Waals surface area contributed by atoms with Crippen LogP contribution in [0.3, 0.4) is 0 Å². The molecule has 1 amide bonds. The summed E-state index contributed by atoms with van der Waals surface area (Å²) in [6.45, 7) is 2.65. The largest absolute Gasteiger partial charge is 0.352 e. The predicted molar refractivity (Wildman–Crippen MR) is 91.4 cm³/mol. The van der Waals surface area contributed by atoms with Crippen molar-refractivity contribution in [2.24, 2.45) is 0 Å². The lowest BCUT2D eigenvalue weighted by molar-refractivity contribution is -0.125. The molecule has 3 rings (SSSR count). The Kier molecular flexibility index (Phi) is 4.80. The number of carbonyl (C=O) groups is 1. The van der Waals surface area contributed by atoms with Gasteiger partial charge in [-0.2, -0.15) is 0 Å². The summed E-state index contributed by atoms with van der Waals surface area (Å²) in [5, 5.41) is 0.635. The van der Waals surface area contributed by atoms with Crippen LogP contribution >= 0.6 is 11.6 Å². The van der Waals surface area contributed by atoms with Gasteiger partial charge in [-0.3, -0.25) is 4.79 Å². The average Bonchev–Trinajstić information content (AvgIpc) is 2.61. The highest BCUT2D eigenvalue weighted by Gasteiger charge is 2.21.